The average Bonchev–Trinajstić information content (AvgIpc) is 2.57. The molecule has 1 aromatic carbocycles. The molecule has 6 nitrogen and oxygen atoms in total. The first-order valence-corrected chi connectivity index (χ1v) is 9.16. The van der Waals surface area contributed by atoms with Gasteiger partial charge in [-0.1, -0.05) is 11.8 Å². The predicted octanol–water partition coefficient (Wildman–Crippen LogP) is 2.10. The Bertz CT molecular complexity index is 643. The van der Waals surface area contributed by atoms with E-state index >= 15 is 0 Å². The number of hydrogen-bond donors (Lipinski definition) is 2. The van der Waals surface area contributed by atoms with Gasteiger partial charge in [0.1, 0.15) is 6.04 Å². The summed E-state index contributed by atoms with van der Waals surface area (Å²) in [6.45, 7) is 0. The molecule has 136 valence electrons. The van der Waals surface area contributed by atoms with Crippen molar-refractivity contribution in [2.45, 2.75) is 28.4 Å². The van der Waals surface area contributed by atoms with Crippen LogP contribution >= 0.6 is 23.5 Å². The van der Waals surface area contributed by atoms with E-state index in [4.69, 9.17) is 0 Å². The Morgan fingerprint density at radius 1 is 1.40 bits per heavy atom. The van der Waals surface area contributed by atoms with Crippen molar-refractivity contribution in [2.75, 3.05) is 18.2 Å². The Morgan fingerprint density at radius 2 is 2.08 bits per heavy atom. The molecule has 0 bridgehead atoms. The van der Waals surface area contributed by atoms with Crippen LogP contribution in [0.25, 0.3) is 0 Å². The highest BCUT2D eigenvalue weighted by molar-refractivity contribution is 8.00. The van der Waals surface area contributed by atoms with Crippen molar-refractivity contribution in [3.8, 4) is 0 Å². The van der Waals surface area contributed by atoms with Gasteiger partial charge in [0, 0.05) is 22.8 Å². The second-order valence-corrected chi connectivity index (χ2v) is 7.36. The lowest BCUT2D eigenvalue weighted by atomic mass is 10.2. The number of methoxy groups -OCH3 is 1. The minimum atomic E-state index is -2.50. The van der Waals surface area contributed by atoms with Crippen LogP contribution in [-0.2, 0) is 19.1 Å². The molecule has 0 aliphatic carbocycles. The lowest BCUT2D eigenvalue weighted by molar-refractivity contribution is -0.144. The van der Waals surface area contributed by atoms with Crippen molar-refractivity contribution < 1.29 is 27.9 Å². The monoisotopic (exact) mass is 390 g/mol. The molecule has 1 fully saturated rings. The topological polar surface area (TPSA) is 84.5 Å². The summed E-state index contributed by atoms with van der Waals surface area (Å²) in [6, 6.07) is 5.29. The number of hydrogen-bond acceptors (Lipinski definition) is 6. The third-order valence-electron chi connectivity index (χ3n) is 3.29. The summed E-state index contributed by atoms with van der Waals surface area (Å²) in [6.07, 6.45) is -0.0576. The number of rotatable bonds is 6. The van der Waals surface area contributed by atoms with Crippen LogP contribution in [0, 0.1) is 0 Å². The fraction of sp³-hybridized carbons (Fsp3) is 0.400. The Morgan fingerprint density at radius 3 is 2.64 bits per heavy atom. The molecule has 0 unspecified atom stereocenters. The molecule has 0 radical (unpaired) electrons. The Balaban J connectivity index is 1.84. The van der Waals surface area contributed by atoms with Crippen LogP contribution < -0.4 is 10.6 Å². The van der Waals surface area contributed by atoms with Crippen molar-refractivity contribution in [1.29, 1.82) is 0 Å². The minimum absolute atomic E-state index is 0.0576. The van der Waals surface area contributed by atoms with Gasteiger partial charge in [-0.3, -0.25) is 9.59 Å². The van der Waals surface area contributed by atoms with Gasteiger partial charge < -0.3 is 15.4 Å². The number of anilines is 1. The van der Waals surface area contributed by atoms with E-state index < -0.39 is 28.9 Å². The van der Waals surface area contributed by atoms with Crippen molar-refractivity contribution in [1.82, 2.24) is 5.32 Å². The van der Waals surface area contributed by atoms with Gasteiger partial charge in [-0.15, -0.1) is 11.8 Å². The zero-order valence-electron chi connectivity index (χ0n) is 13.2. The number of nitrogens with one attached hydrogen (secondary N) is 2. The normalized spacial score (nSPS) is 20.1. The first-order chi connectivity index (χ1) is 11.9. The predicted molar refractivity (Wildman–Crippen MR) is 91.7 cm³/mol. The van der Waals surface area contributed by atoms with E-state index in [2.05, 4.69) is 15.4 Å². The summed E-state index contributed by atoms with van der Waals surface area (Å²) >= 11 is 1.63. The molecule has 1 aliphatic rings. The van der Waals surface area contributed by atoms with Gasteiger partial charge in [0.15, 0.2) is 0 Å². The van der Waals surface area contributed by atoms with Crippen LogP contribution in [0.4, 0.5) is 14.5 Å². The Labute approximate surface area is 151 Å². The Hall–Kier alpha value is -1.81. The van der Waals surface area contributed by atoms with Gasteiger partial charge in [-0.05, 0) is 24.3 Å². The van der Waals surface area contributed by atoms with Gasteiger partial charge in [-0.2, -0.15) is 8.78 Å². The molecular weight excluding hydrogens is 374 g/mol. The highest BCUT2D eigenvalue weighted by Crippen LogP contribution is 2.26. The molecule has 25 heavy (non-hydrogen) atoms. The number of thioether (sulfide) groups is 2. The highest BCUT2D eigenvalue weighted by Gasteiger charge is 2.34. The molecule has 0 spiro atoms. The maximum absolute atomic E-state index is 12.3. The largest absolute Gasteiger partial charge is 0.467 e. The average molecular weight is 390 g/mol. The molecule has 2 amide bonds. The summed E-state index contributed by atoms with van der Waals surface area (Å²) in [5, 5.41) is 4.54. The third kappa shape index (κ3) is 5.89. The second-order valence-electron chi connectivity index (χ2n) is 5.06. The first kappa shape index (κ1) is 19.5. The lowest BCUT2D eigenvalue weighted by Crippen LogP contribution is -2.51. The number of ether oxygens (including phenoxy) is 1. The summed E-state index contributed by atoms with van der Waals surface area (Å²) < 4.78 is 29.1. The van der Waals surface area contributed by atoms with Gasteiger partial charge >= 0.3 is 5.97 Å². The van der Waals surface area contributed by atoms with E-state index in [1.54, 1.807) is 0 Å². The molecule has 1 aliphatic heterocycles. The quantitative estimate of drug-likeness (QED) is 0.572. The zero-order chi connectivity index (χ0) is 18.4. The standard InChI is InChI=1S/C15H16F2N2O4S2/c1-23-14(22)10-7-24-11(13(21)19-10)6-12(20)18-8-2-4-9(5-3-8)25-15(16)17/h2-5,10-11,15H,6-7H2,1H3,(H,18,20)(H,19,21)/t10-,11+/m1/s1. The Kier molecular flexibility index (Phi) is 7.06. The van der Waals surface area contributed by atoms with E-state index in [0.29, 0.717) is 28.1 Å². The number of carbonyl (C=O) groups is 3. The van der Waals surface area contributed by atoms with Gasteiger partial charge in [-0.25, -0.2) is 4.79 Å². The van der Waals surface area contributed by atoms with E-state index in [0.717, 1.165) is 0 Å². The lowest BCUT2D eigenvalue weighted by Gasteiger charge is -2.26. The van der Waals surface area contributed by atoms with Crippen LogP contribution in [0.2, 0.25) is 0 Å². The summed E-state index contributed by atoms with van der Waals surface area (Å²) in [5.74, 6) is -3.47. The summed E-state index contributed by atoms with van der Waals surface area (Å²) in [5.41, 5.74) is 0.456. The minimum Gasteiger partial charge on any atom is -0.467 e. The van der Waals surface area contributed by atoms with E-state index in [-0.39, 0.29) is 12.3 Å². The zero-order valence-corrected chi connectivity index (χ0v) is 14.8. The smallest absolute Gasteiger partial charge is 0.329 e. The van der Waals surface area contributed by atoms with Crippen molar-refractivity contribution in [3.05, 3.63) is 24.3 Å². The SMILES string of the molecule is COC(=O)[C@H]1CS[C@@H](CC(=O)Nc2ccc(SC(F)F)cc2)C(=O)N1. The van der Waals surface area contributed by atoms with Crippen LogP contribution in [-0.4, -0.2) is 47.7 Å². The molecule has 10 heteroatoms. The second kappa shape index (κ2) is 9.04. The summed E-state index contributed by atoms with van der Waals surface area (Å²) in [7, 11) is 1.24. The molecule has 1 saturated heterocycles. The van der Waals surface area contributed by atoms with E-state index in [1.165, 1.54) is 43.1 Å². The molecule has 2 atom stereocenters. The molecular formula is C15H16F2N2O4S2. The maximum atomic E-state index is 12.3. The van der Waals surface area contributed by atoms with Crippen molar-refractivity contribution in [3.63, 3.8) is 0 Å². The van der Waals surface area contributed by atoms with Crippen LogP contribution in [0.15, 0.2) is 29.2 Å². The molecule has 0 aromatic heterocycles. The van der Waals surface area contributed by atoms with Gasteiger partial charge in [0.05, 0.1) is 12.4 Å². The molecule has 1 heterocycles. The molecule has 2 N–H and O–H groups in total. The molecule has 1 aromatic rings. The van der Waals surface area contributed by atoms with Crippen LogP contribution in [0.5, 0.6) is 0 Å². The number of carbonyl (C=O) groups excluding carboxylic acids is 3. The van der Waals surface area contributed by atoms with E-state index in [1.807, 2.05) is 0 Å². The van der Waals surface area contributed by atoms with Crippen molar-refractivity contribution >= 4 is 47.0 Å². The highest BCUT2D eigenvalue weighted by atomic mass is 32.2. The van der Waals surface area contributed by atoms with Crippen LogP contribution in [0.3, 0.4) is 0 Å². The number of alkyl halides is 2. The molecule has 2 rings (SSSR count). The third-order valence-corrected chi connectivity index (χ3v) is 5.32. The van der Waals surface area contributed by atoms with Crippen LogP contribution in [0.1, 0.15) is 6.42 Å². The van der Waals surface area contributed by atoms with Gasteiger partial charge in [0.25, 0.3) is 5.76 Å². The van der Waals surface area contributed by atoms with Crippen molar-refractivity contribution in [2.24, 2.45) is 0 Å². The fourth-order valence-electron chi connectivity index (χ4n) is 2.12. The number of halogens is 2. The van der Waals surface area contributed by atoms with Gasteiger partial charge in [0.2, 0.25) is 11.8 Å². The first-order valence-electron chi connectivity index (χ1n) is 7.23. The molecule has 0 saturated carbocycles. The number of benzene rings is 1. The maximum Gasteiger partial charge on any atom is 0.329 e. The fourth-order valence-corrected chi connectivity index (χ4v) is 3.75. The number of esters is 1. The number of amides is 2. The summed E-state index contributed by atoms with van der Waals surface area (Å²) in [4.78, 5) is 35.8. The van der Waals surface area contributed by atoms with E-state index in [9.17, 15) is 23.2 Å².